The van der Waals surface area contributed by atoms with Crippen LogP contribution in [0.5, 0.6) is 5.75 Å². The molecule has 0 spiro atoms. The number of fused-ring (bicyclic) bond motifs is 1. The summed E-state index contributed by atoms with van der Waals surface area (Å²) in [6.45, 7) is 1.85. The maximum absolute atomic E-state index is 12.7. The van der Waals surface area contributed by atoms with Crippen molar-refractivity contribution >= 4 is 44.8 Å². The number of carbonyl (C=O) groups excluding carboxylic acids is 2. The van der Waals surface area contributed by atoms with E-state index >= 15 is 0 Å². The number of nitrogens with one attached hydrogen (secondary N) is 1. The quantitative estimate of drug-likeness (QED) is 0.165. The Bertz CT molecular complexity index is 1340. The fraction of sp³-hybridized carbons (Fsp3) is 0.0385. The molecule has 0 bridgehead atoms. The van der Waals surface area contributed by atoms with E-state index in [1.54, 1.807) is 36.4 Å². The molecule has 4 rings (SSSR count). The van der Waals surface area contributed by atoms with Gasteiger partial charge in [-0.25, -0.2) is 10.2 Å². The molecule has 0 aromatic heterocycles. The molecule has 0 unspecified atom stereocenters. The van der Waals surface area contributed by atoms with E-state index in [1.807, 2.05) is 55.5 Å². The number of esters is 1. The minimum atomic E-state index is -0.458. The molecule has 0 fully saturated rings. The average Bonchev–Trinajstić information content (AvgIpc) is 2.80. The molecule has 4 aromatic carbocycles. The highest BCUT2D eigenvalue weighted by molar-refractivity contribution is 9.10. The summed E-state index contributed by atoms with van der Waals surface area (Å²) in [5.74, 6) is -0.448. The number of benzene rings is 4. The molecule has 32 heavy (non-hydrogen) atoms. The first-order valence-corrected chi connectivity index (χ1v) is 10.7. The smallest absolute Gasteiger partial charge is 0.343 e. The summed E-state index contributed by atoms with van der Waals surface area (Å²) < 4.78 is 6.39. The summed E-state index contributed by atoms with van der Waals surface area (Å²) in [7, 11) is 0. The number of amides is 1. The number of hydrazone groups is 1. The van der Waals surface area contributed by atoms with Gasteiger partial charge in [-0.3, -0.25) is 4.79 Å². The van der Waals surface area contributed by atoms with E-state index in [1.165, 1.54) is 6.21 Å². The van der Waals surface area contributed by atoms with Crippen LogP contribution in [0.3, 0.4) is 0 Å². The zero-order valence-electron chi connectivity index (χ0n) is 17.2. The van der Waals surface area contributed by atoms with Crippen molar-refractivity contribution in [3.8, 4) is 5.75 Å². The van der Waals surface area contributed by atoms with E-state index in [0.29, 0.717) is 22.4 Å². The van der Waals surface area contributed by atoms with E-state index in [2.05, 4.69) is 26.5 Å². The summed E-state index contributed by atoms with van der Waals surface area (Å²) in [6.07, 6.45) is 1.45. The van der Waals surface area contributed by atoms with E-state index in [-0.39, 0.29) is 5.91 Å². The molecule has 0 aliphatic heterocycles. The first kappa shape index (κ1) is 21.5. The van der Waals surface area contributed by atoms with Gasteiger partial charge in [0, 0.05) is 15.6 Å². The van der Waals surface area contributed by atoms with Gasteiger partial charge in [0.25, 0.3) is 5.91 Å². The Morgan fingerprint density at radius 3 is 2.47 bits per heavy atom. The summed E-state index contributed by atoms with van der Waals surface area (Å²) in [6, 6.07) is 25.6. The minimum Gasteiger partial charge on any atom is -0.422 e. The third-order valence-corrected chi connectivity index (χ3v) is 5.44. The molecule has 0 aliphatic rings. The topological polar surface area (TPSA) is 67.8 Å². The van der Waals surface area contributed by atoms with Gasteiger partial charge in [0.05, 0.1) is 11.8 Å². The second-order valence-corrected chi connectivity index (χ2v) is 8.03. The van der Waals surface area contributed by atoms with Gasteiger partial charge in [-0.15, -0.1) is 0 Å². The Kier molecular flexibility index (Phi) is 6.42. The summed E-state index contributed by atoms with van der Waals surface area (Å²) in [4.78, 5) is 25.3. The van der Waals surface area contributed by atoms with Crippen LogP contribution in [0.2, 0.25) is 0 Å². The van der Waals surface area contributed by atoms with Gasteiger partial charge in [-0.1, -0.05) is 70.5 Å². The van der Waals surface area contributed by atoms with Crippen LogP contribution in [0.1, 0.15) is 31.8 Å². The Morgan fingerprint density at radius 2 is 1.62 bits per heavy atom. The Labute approximate surface area is 193 Å². The van der Waals surface area contributed by atoms with Crippen molar-refractivity contribution in [3.63, 3.8) is 0 Å². The molecule has 0 heterocycles. The lowest BCUT2D eigenvalue weighted by Gasteiger charge is -2.09. The Balaban J connectivity index is 1.54. The molecule has 0 radical (unpaired) electrons. The molecule has 5 nitrogen and oxygen atoms in total. The number of nitrogens with zero attached hydrogens (tertiary/aromatic N) is 1. The van der Waals surface area contributed by atoms with Crippen LogP contribution in [-0.4, -0.2) is 18.1 Å². The number of aryl methyl sites for hydroxylation is 1. The summed E-state index contributed by atoms with van der Waals surface area (Å²) >= 11 is 3.41. The van der Waals surface area contributed by atoms with Gasteiger partial charge in [0.15, 0.2) is 0 Å². The third kappa shape index (κ3) is 4.76. The molecule has 0 saturated carbocycles. The van der Waals surface area contributed by atoms with Crippen LogP contribution >= 0.6 is 15.9 Å². The largest absolute Gasteiger partial charge is 0.422 e. The van der Waals surface area contributed by atoms with E-state index < -0.39 is 5.97 Å². The van der Waals surface area contributed by atoms with Crippen molar-refractivity contribution in [2.24, 2.45) is 5.10 Å². The number of ether oxygens (including phenoxy) is 1. The lowest BCUT2D eigenvalue weighted by atomic mass is 10.0. The molecule has 6 heteroatoms. The maximum atomic E-state index is 12.7. The number of rotatable bonds is 5. The maximum Gasteiger partial charge on any atom is 0.343 e. The molecule has 1 amide bonds. The van der Waals surface area contributed by atoms with Crippen molar-refractivity contribution in [3.05, 3.63) is 112 Å². The molecule has 1 N–H and O–H groups in total. The third-order valence-electron chi connectivity index (χ3n) is 4.94. The highest BCUT2D eigenvalue weighted by atomic mass is 79.9. The van der Waals surface area contributed by atoms with E-state index in [4.69, 9.17) is 4.74 Å². The summed E-state index contributed by atoms with van der Waals surface area (Å²) in [5.41, 5.74) is 4.94. The van der Waals surface area contributed by atoms with Crippen LogP contribution in [0.25, 0.3) is 10.8 Å². The second kappa shape index (κ2) is 9.58. The lowest BCUT2D eigenvalue weighted by molar-refractivity contribution is 0.0733. The van der Waals surface area contributed by atoms with Crippen LogP contribution < -0.4 is 10.2 Å². The average molecular weight is 487 g/mol. The molecule has 0 saturated heterocycles. The number of halogens is 1. The van der Waals surface area contributed by atoms with Crippen molar-refractivity contribution in [2.45, 2.75) is 6.92 Å². The predicted molar refractivity (Wildman–Crippen MR) is 129 cm³/mol. The highest BCUT2D eigenvalue weighted by Gasteiger charge is 2.14. The fourth-order valence-corrected chi connectivity index (χ4v) is 3.69. The van der Waals surface area contributed by atoms with Crippen LogP contribution in [0.4, 0.5) is 0 Å². The predicted octanol–water partition coefficient (Wildman–Crippen LogP) is 5.89. The lowest BCUT2D eigenvalue weighted by Crippen LogP contribution is -2.18. The van der Waals surface area contributed by atoms with Gasteiger partial charge in [-0.05, 0) is 53.6 Å². The first-order valence-electron chi connectivity index (χ1n) is 9.91. The molecule has 0 atom stereocenters. The van der Waals surface area contributed by atoms with Crippen molar-refractivity contribution in [2.75, 3.05) is 0 Å². The number of carbonyl (C=O) groups is 2. The SMILES string of the molecule is Cc1ccccc1C(=O)Oc1ccc(Br)cc1/C=N\NC(=O)c1cccc2ccccc12. The van der Waals surface area contributed by atoms with E-state index in [9.17, 15) is 9.59 Å². The van der Waals surface area contributed by atoms with Gasteiger partial charge >= 0.3 is 5.97 Å². The van der Waals surface area contributed by atoms with Gasteiger partial charge in [0.1, 0.15) is 5.75 Å². The normalized spacial score (nSPS) is 10.9. The van der Waals surface area contributed by atoms with E-state index in [0.717, 1.165) is 20.8 Å². The number of hydrogen-bond donors (Lipinski definition) is 1. The van der Waals surface area contributed by atoms with Gasteiger partial charge in [-0.2, -0.15) is 5.10 Å². The van der Waals surface area contributed by atoms with Gasteiger partial charge in [0.2, 0.25) is 0 Å². The zero-order chi connectivity index (χ0) is 22.5. The van der Waals surface area contributed by atoms with Crippen molar-refractivity contribution in [1.82, 2.24) is 5.43 Å². The highest BCUT2D eigenvalue weighted by Crippen LogP contribution is 2.23. The molecule has 4 aromatic rings. The Morgan fingerprint density at radius 1 is 0.906 bits per heavy atom. The molecule has 158 valence electrons. The second-order valence-electron chi connectivity index (χ2n) is 7.11. The number of hydrogen-bond acceptors (Lipinski definition) is 4. The minimum absolute atomic E-state index is 0.327. The zero-order valence-corrected chi connectivity index (χ0v) is 18.8. The summed E-state index contributed by atoms with van der Waals surface area (Å²) in [5, 5.41) is 5.91. The van der Waals surface area contributed by atoms with Crippen LogP contribution in [0.15, 0.2) is 94.5 Å². The molecular formula is C26H19BrN2O3. The van der Waals surface area contributed by atoms with Gasteiger partial charge < -0.3 is 4.74 Å². The Hall–Kier alpha value is -3.77. The first-order chi connectivity index (χ1) is 15.5. The monoisotopic (exact) mass is 486 g/mol. The van der Waals surface area contributed by atoms with Crippen LogP contribution in [-0.2, 0) is 0 Å². The van der Waals surface area contributed by atoms with Crippen LogP contribution in [0, 0.1) is 6.92 Å². The standard InChI is InChI=1S/C26H19BrN2O3/c1-17-7-2-4-10-21(17)26(31)32-24-14-13-20(27)15-19(24)16-28-29-25(30)23-12-6-9-18-8-3-5-11-22(18)23/h2-16H,1H3,(H,29,30)/b28-16-. The van der Waals surface area contributed by atoms with Crippen molar-refractivity contribution in [1.29, 1.82) is 0 Å². The molecular weight excluding hydrogens is 468 g/mol. The van der Waals surface area contributed by atoms with Crippen molar-refractivity contribution < 1.29 is 14.3 Å². The molecule has 0 aliphatic carbocycles. The fourth-order valence-electron chi connectivity index (χ4n) is 3.31.